The highest BCUT2D eigenvalue weighted by atomic mass is 16.7. The van der Waals surface area contributed by atoms with Gasteiger partial charge in [0, 0.05) is 12.8 Å². The molecule has 1 fully saturated rings. The molecule has 1 rings (SSSR count). The third-order valence-corrected chi connectivity index (χ3v) is 1.60. The van der Waals surface area contributed by atoms with Crippen LogP contribution in [0, 0.1) is 12.3 Å². The van der Waals surface area contributed by atoms with Gasteiger partial charge in [-0.2, -0.15) is 0 Å². The van der Waals surface area contributed by atoms with Crippen LogP contribution in [0.4, 0.5) is 0 Å². The summed E-state index contributed by atoms with van der Waals surface area (Å²) in [5.74, 6) is 2.22. The summed E-state index contributed by atoms with van der Waals surface area (Å²) in [6.07, 6.45) is 3.51. The Balaban J connectivity index is 2.26. The van der Waals surface area contributed by atoms with Gasteiger partial charge in [-0.25, -0.2) is 0 Å². The van der Waals surface area contributed by atoms with Crippen molar-refractivity contribution in [3.05, 3.63) is 0 Å². The highest BCUT2D eigenvalue weighted by Crippen LogP contribution is 2.23. The van der Waals surface area contributed by atoms with Crippen LogP contribution in [-0.4, -0.2) is 19.0 Å². The van der Waals surface area contributed by atoms with Gasteiger partial charge in [-0.1, -0.05) is 0 Å². The van der Waals surface area contributed by atoms with E-state index in [1.165, 1.54) is 0 Å². The predicted molar refractivity (Wildman–Crippen MR) is 38.4 cm³/mol. The number of ether oxygens (including phenoxy) is 2. The lowest BCUT2D eigenvalue weighted by Crippen LogP contribution is -2.24. The fourth-order valence-corrected chi connectivity index (χ4v) is 0.991. The molecule has 0 aromatic carbocycles. The summed E-state index contributed by atoms with van der Waals surface area (Å²) in [6, 6.07) is 0. The second kappa shape index (κ2) is 3.05. The summed E-state index contributed by atoms with van der Waals surface area (Å²) in [7, 11) is 0. The molecule has 2 nitrogen and oxygen atoms in total. The first-order valence-corrected chi connectivity index (χ1v) is 3.44. The summed E-state index contributed by atoms with van der Waals surface area (Å²) < 4.78 is 17.3. The van der Waals surface area contributed by atoms with E-state index in [0.717, 1.165) is 6.42 Å². The molecule has 0 radical (unpaired) electrons. The molecule has 0 saturated carbocycles. The molecule has 0 bridgehead atoms. The van der Waals surface area contributed by atoms with Crippen LogP contribution in [0.3, 0.4) is 0 Å². The third kappa shape index (κ3) is 1.73. The minimum absolute atomic E-state index is 0.441. The van der Waals surface area contributed by atoms with Gasteiger partial charge in [0.05, 0.1) is 13.2 Å². The van der Waals surface area contributed by atoms with E-state index in [0.29, 0.717) is 19.6 Å². The fourth-order valence-electron chi connectivity index (χ4n) is 0.991. The molecule has 1 heterocycles. The molecule has 0 amide bonds. The first kappa shape index (κ1) is 6.21. The summed E-state index contributed by atoms with van der Waals surface area (Å²) in [5, 5.41) is 0. The lowest BCUT2D eigenvalue weighted by atomic mass is 10.2. The first-order valence-electron chi connectivity index (χ1n) is 3.94. The Bertz CT molecular complexity index is 174. The van der Waals surface area contributed by atoms with E-state index in [1.807, 2.05) is 6.92 Å². The van der Waals surface area contributed by atoms with Gasteiger partial charge in [-0.3, -0.25) is 0 Å². The van der Waals surface area contributed by atoms with Crippen molar-refractivity contribution in [2.45, 2.75) is 25.6 Å². The van der Waals surface area contributed by atoms with Gasteiger partial charge >= 0.3 is 0 Å². The van der Waals surface area contributed by atoms with Crippen LogP contribution in [0.5, 0.6) is 0 Å². The molecular weight excluding hydrogens is 128 g/mol. The smallest absolute Gasteiger partial charge is 0.166 e. The molecule has 0 aromatic heterocycles. The monoisotopic (exact) mass is 141 g/mol. The highest BCUT2D eigenvalue weighted by molar-refractivity contribution is 4.86. The second-order valence-corrected chi connectivity index (χ2v) is 2.51. The molecular formula is C8H12O2. The summed E-state index contributed by atoms with van der Waals surface area (Å²) >= 11 is 0. The van der Waals surface area contributed by atoms with Crippen LogP contribution in [0.2, 0.25) is 0 Å². The summed E-state index contributed by atoms with van der Waals surface area (Å²) in [6.45, 7) is 3.25. The van der Waals surface area contributed by atoms with Crippen LogP contribution < -0.4 is 0 Å². The van der Waals surface area contributed by atoms with E-state index < -0.39 is 5.79 Å². The van der Waals surface area contributed by atoms with Crippen LogP contribution >= 0.6 is 0 Å². The molecule has 0 spiro atoms. The predicted octanol–water partition coefficient (Wildman–Crippen LogP) is 1.16. The average molecular weight is 141 g/mol. The lowest BCUT2D eigenvalue weighted by Gasteiger charge is -2.20. The van der Waals surface area contributed by atoms with Crippen molar-refractivity contribution in [1.29, 1.82) is 0 Å². The number of hydrogen-bond acceptors (Lipinski definition) is 2. The van der Waals surface area contributed by atoms with Crippen molar-refractivity contribution in [1.82, 2.24) is 0 Å². The van der Waals surface area contributed by atoms with Gasteiger partial charge in [0.2, 0.25) is 0 Å². The molecule has 1 saturated heterocycles. The van der Waals surface area contributed by atoms with Crippen molar-refractivity contribution in [3.63, 3.8) is 0 Å². The van der Waals surface area contributed by atoms with E-state index in [9.17, 15) is 0 Å². The molecule has 0 N–H and O–H groups in total. The standard InChI is InChI=1S/C8H12O2/c1-3-4-5-8(2)9-6-7-10-8/h1H,4-7H2,2H3/i1D. The molecule has 1 aliphatic rings. The van der Waals surface area contributed by atoms with E-state index in [-0.39, 0.29) is 0 Å². The van der Waals surface area contributed by atoms with Crippen LogP contribution in [-0.2, 0) is 9.47 Å². The van der Waals surface area contributed by atoms with Crippen LogP contribution in [0.25, 0.3) is 0 Å². The maximum atomic E-state index is 6.60. The second-order valence-electron chi connectivity index (χ2n) is 2.51. The minimum Gasteiger partial charge on any atom is -0.348 e. The zero-order valence-electron chi connectivity index (χ0n) is 7.14. The molecule has 0 aliphatic carbocycles. The Morgan fingerprint density at radius 1 is 1.70 bits per heavy atom. The third-order valence-electron chi connectivity index (χ3n) is 1.60. The first-order chi connectivity index (χ1) is 5.27. The zero-order valence-corrected chi connectivity index (χ0v) is 6.14. The SMILES string of the molecule is [2H]C#CCCC1(C)OCCO1. The van der Waals surface area contributed by atoms with Crippen LogP contribution in [0.1, 0.15) is 21.1 Å². The van der Waals surface area contributed by atoms with Gasteiger partial charge in [0.1, 0.15) is 1.37 Å². The summed E-state index contributed by atoms with van der Waals surface area (Å²) in [5.41, 5.74) is 0. The number of terminal acetylenes is 1. The largest absolute Gasteiger partial charge is 0.348 e. The Morgan fingerprint density at radius 2 is 2.40 bits per heavy atom. The molecule has 0 unspecified atom stereocenters. The van der Waals surface area contributed by atoms with Crippen molar-refractivity contribution in [2.75, 3.05) is 13.2 Å². The molecule has 2 heteroatoms. The normalized spacial score (nSPS) is 23.1. The van der Waals surface area contributed by atoms with Gasteiger partial charge in [0.15, 0.2) is 5.79 Å². The molecule has 0 aromatic rings. The maximum absolute atomic E-state index is 6.60. The van der Waals surface area contributed by atoms with Crippen LogP contribution in [0.15, 0.2) is 0 Å². The van der Waals surface area contributed by atoms with Gasteiger partial charge in [-0.05, 0) is 6.92 Å². The maximum Gasteiger partial charge on any atom is 0.166 e. The number of rotatable bonds is 2. The Labute approximate surface area is 62.9 Å². The van der Waals surface area contributed by atoms with Gasteiger partial charge < -0.3 is 9.47 Å². The van der Waals surface area contributed by atoms with E-state index >= 15 is 0 Å². The number of hydrogen-bond donors (Lipinski definition) is 0. The fraction of sp³-hybridized carbons (Fsp3) is 0.750. The molecule has 10 heavy (non-hydrogen) atoms. The van der Waals surface area contributed by atoms with E-state index in [2.05, 4.69) is 12.3 Å². The minimum atomic E-state index is -0.441. The average Bonchev–Trinajstić information content (AvgIpc) is 2.38. The summed E-state index contributed by atoms with van der Waals surface area (Å²) in [4.78, 5) is 0. The molecule has 56 valence electrons. The highest BCUT2D eigenvalue weighted by Gasteiger charge is 2.29. The quantitative estimate of drug-likeness (QED) is 0.537. The van der Waals surface area contributed by atoms with E-state index in [1.54, 1.807) is 0 Å². The van der Waals surface area contributed by atoms with Crippen molar-refractivity contribution in [2.24, 2.45) is 0 Å². The molecule has 1 aliphatic heterocycles. The van der Waals surface area contributed by atoms with Gasteiger partial charge in [-0.15, -0.1) is 12.3 Å². The zero-order chi connectivity index (χ0) is 8.16. The van der Waals surface area contributed by atoms with E-state index in [4.69, 9.17) is 10.8 Å². The topological polar surface area (TPSA) is 18.5 Å². The Hall–Kier alpha value is -0.520. The lowest BCUT2D eigenvalue weighted by molar-refractivity contribution is -0.145. The van der Waals surface area contributed by atoms with Gasteiger partial charge in [0.25, 0.3) is 0 Å². The Kier molecular flexibility index (Phi) is 1.89. The van der Waals surface area contributed by atoms with Crippen molar-refractivity contribution >= 4 is 0 Å². The van der Waals surface area contributed by atoms with Crippen molar-refractivity contribution in [3.8, 4) is 12.3 Å². The van der Waals surface area contributed by atoms with Crippen molar-refractivity contribution < 1.29 is 10.8 Å². The Morgan fingerprint density at radius 3 is 3.00 bits per heavy atom. The molecule has 0 atom stereocenters.